The third-order valence-electron chi connectivity index (χ3n) is 5.48. The second-order valence-corrected chi connectivity index (χ2v) is 8.08. The molecular formula is C22H22Cl2N2O. The van der Waals surface area contributed by atoms with Gasteiger partial charge in [0.2, 0.25) is 0 Å². The summed E-state index contributed by atoms with van der Waals surface area (Å²) < 4.78 is 0. The Labute approximate surface area is 169 Å². The number of halogens is 2. The number of carbonyl (C=O) groups excluding carboxylic acids is 1. The number of nitrogens with zero attached hydrogens (tertiary/aromatic N) is 1. The Kier molecular flexibility index (Phi) is 5.27. The lowest BCUT2D eigenvalue weighted by Gasteiger charge is -2.29. The Morgan fingerprint density at radius 3 is 2.78 bits per heavy atom. The predicted octanol–water partition coefficient (Wildman–Crippen LogP) is 4.74. The molecule has 3 nitrogen and oxygen atoms in total. The van der Waals surface area contributed by atoms with E-state index in [-0.39, 0.29) is 5.91 Å². The van der Waals surface area contributed by atoms with Gasteiger partial charge in [-0.1, -0.05) is 35.3 Å². The summed E-state index contributed by atoms with van der Waals surface area (Å²) in [4.78, 5) is 14.9. The lowest BCUT2D eigenvalue weighted by molar-refractivity contribution is 0.0767. The van der Waals surface area contributed by atoms with Crippen LogP contribution in [0.2, 0.25) is 10.0 Å². The second-order valence-electron chi connectivity index (χ2n) is 7.24. The highest BCUT2D eigenvalue weighted by molar-refractivity contribution is 6.31. The fourth-order valence-corrected chi connectivity index (χ4v) is 4.51. The van der Waals surface area contributed by atoms with Crippen LogP contribution in [0, 0.1) is 0 Å². The molecule has 1 aliphatic heterocycles. The molecule has 2 aromatic rings. The monoisotopic (exact) mass is 400 g/mol. The molecule has 5 heteroatoms. The molecule has 0 bridgehead atoms. The normalized spacial score (nSPS) is 15.7. The standard InChI is InChI=1S/C22H22Cl2N2O/c23-18-6-5-15-10-17-13-26(9-7-19(17)20(15)12-18)22(27)16-4-3-14(2-1-8-25)21(24)11-16/h3-6,11-12H,1-2,7-10,13,25H2. The summed E-state index contributed by atoms with van der Waals surface area (Å²) in [6, 6.07) is 11.7. The van der Waals surface area contributed by atoms with Gasteiger partial charge in [-0.25, -0.2) is 0 Å². The van der Waals surface area contributed by atoms with Crippen LogP contribution in [0.4, 0.5) is 0 Å². The van der Waals surface area contributed by atoms with Gasteiger partial charge in [-0.15, -0.1) is 0 Å². The zero-order valence-corrected chi connectivity index (χ0v) is 16.6. The maximum Gasteiger partial charge on any atom is 0.254 e. The topological polar surface area (TPSA) is 46.3 Å². The fraction of sp³-hybridized carbons (Fsp3) is 0.318. The zero-order chi connectivity index (χ0) is 19.0. The molecular weight excluding hydrogens is 379 g/mol. The first-order valence-corrected chi connectivity index (χ1v) is 10.1. The third kappa shape index (κ3) is 3.64. The Hall–Kier alpha value is -1.81. The molecule has 0 unspecified atom stereocenters. The van der Waals surface area contributed by atoms with Gasteiger partial charge in [0.05, 0.1) is 0 Å². The molecule has 0 spiro atoms. The van der Waals surface area contributed by atoms with E-state index in [4.69, 9.17) is 28.9 Å². The van der Waals surface area contributed by atoms with Gasteiger partial charge in [0, 0.05) is 28.7 Å². The van der Waals surface area contributed by atoms with Gasteiger partial charge in [0.1, 0.15) is 0 Å². The summed E-state index contributed by atoms with van der Waals surface area (Å²) in [6.07, 6.45) is 3.51. The molecule has 0 fully saturated rings. The van der Waals surface area contributed by atoms with Crippen molar-refractivity contribution in [3.63, 3.8) is 0 Å². The van der Waals surface area contributed by atoms with Crippen LogP contribution in [0.15, 0.2) is 42.0 Å². The summed E-state index contributed by atoms with van der Waals surface area (Å²) in [7, 11) is 0. The number of fused-ring (bicyclic) bond motifs is 2. The molecule has 1 amide bonds. The van der Waals surface area contributed by atoms with E-state index in [1.54, 1.807) is 6.07 Å². The molecule has 1 aliphatic carbocycles. The average Bonchev–Trinajstić information content (AvgIpc) is 3.03. The van der Waals surface area contributed by atoms with Gasteiger partial charge in [0.15, 0.2) is 0 Å². The first-order chi connectivity index (χ1) is 13.1. The second kappa shape index (κ2) is 7.67. The van der Waals surface area contributed by atoms with Gasteiger partial charge in [-0.2, -0.15) is 0 Å². The summed E-state index contributed by atoms with van der Waals surface area (Å²) >= 11 is 12.5. The molecule has 0 aromatic heterocycles. The molecule has 4 rings (SSSR count). The minimum atomic E-state index is 0.0443. The van der Waals surface area contributed by atoms with Crippen molar-refractivity contribution in [3.05, 3.63) is 74.3 Å². The highest BCUT2D eigenvalue weighted by Gasteiger charge is 2.29. The molecule has 140 valence electrons. The number of amides is 1. The Bertz CT molecular complexity index is 936. The van der Waals surface area contributed by atoms with Crippen LogP contribution in [0.25, 0.3) is 5.57 Å². The summed E-state index contributed by atoms with van der Waals surface area (Å²) in [5.41, 5.74) is 12.5. The number of hydrogen-bond acceptors (Lipinski definition) is 2. The number of rotatable bonds is 4. The van der Waals surface area contributed by atoms with Gasteiger partial charge in [-0.3, -0.25) is 4.79 Å². The maximum absolute atomic E-state index is 13.0. The van der Waals surface area contributed by atoms with Gasteiger partial charge in [-0.05, 0) is 84.3 Å². The molecule has 0 saturated heterocycles. The van der Waals surface area contributed by atoms with Crippen molar-refractivity contribution in [2.75, 3.05) is 19.6 Å². The SMILES string of the molecule is NCCCc1ccc(C(=O)N2CCC3=C(Cc4ccc(Cl)cc43)C2)cc1Cl. The van der Waals surface area contributed by atoms with E-state index in [9.17, 15) is 4.79 Å². The van der Waals surface area contributed by atoms with E-state index in [0.717, 1.165) is 42.8 Å². The molecule has 27 heavy (non-hydrogen) atoms. The zero-order valence-electron chi connectivity index (χ0n) is 15.1. The van der Waals surface area contributed by atoms with E-state index in [0.29, 0.717) is 23.7 Å². The van der Waals surface area contributed by atoms with E-state index in [1.165, 1.54) is 22.3 Å². The Morgan fingerprint density at radius 1 is 1.15 bits per heavy atom. The van der Waals surface area contributed by atoms with E-state index in [1.807, 2.05) is 23.1 Å². The number of nitrogens with two attached hydrogens (primary N) is 1. The fourth-order valence-electron chi connectivity index (χ4n) is 4.06. The quantitative estimate of drug-likeness (QED) is 0.805. The van der Waals surface area contributed by atoms with Crippen LogP contribution in [0.5, 0.6) is 0 Å². The van der Waals surface area contributed by atoms with Crippen LogP contribution in [-0.2, 0) is 12.8 Å². The minimum absolute atomic E-state index is 0.0443. The molecule has 0 atom stereocenters. The third-order valence-corrected chi connectivity index (χ3v) is 6.07. The maximum atomic E-state index is 13.0. The van der Waals surface area contributed by atoms with E-state index in [2.05, 4.69) is 12.1 Å². The van der Waals surface area contributed by atoms with Crippen LogP contribution < -0.4 is 5.73 Å². The van der Waals surface area contributed by atoms with Gasteiger partial charge in [0.25, 0.3) is 5.91 Å². The molecule has 2 aliphatic rings. The molecule has 0 saturated carbocycles. The number of benzene rings is 2. The van der Waals surface area contributed by atoms with Crippen molar-refractivity contribution in [3.8, 4) is 0 Å². The predicted molar refractivity (Wildman–Crippen MR) is 111 cm³/mol. The van der Waals surface area contributed by atoms with Crippen LogP contribution in [0.3, 0.4) is 0 Å². The van der Waals surface area contributed by atoms with Crippen molar-refractivity contribution in [1.29, 1.82) is 0 Å². The molecule has 0 radical (unpaired) electrons. The molecule has 2 N–H and O–H groups in total. The van der Waals surface area contributed by atoms with Crippen LogP contribution >= 0.6 is 23.2 Å². The molecule has 2 aromatic carbocycles. The van der Waals surface area contributed by atoms with Gasteiger partial charge < -0.3 is 10.6 Å². The van der Waals surface area contributed by atoms with Crippen LogP contribution in [-0.4, -0.2) is 30.4 Å². The first kappa shape index (κ1) is 18.5. The first-order valence-electron chi connectivity index (χ1n) is 9.34. The lowest BCUT2D eigenvalue weighted by atomic mass is 9.98. The van der Waals surface area contributed by atoms with Crippen molar-refractivity contribution in [2.45, 2.75) is 25.7 Å². The number of hydrogen-bond donors (Lipinski definition) is 1. The van der Waals surface area contributed by atoms with Gasteiger partial charge >= 0.3 is 0 Å². The van der Waals surface area contributed by atoms with Crippen molar-refractivity contribution >= 4 is 34.7 Å². The Balaban J connectivity index is 1.51. The van der Waals surface area contributed by atoms with E-state index >= 15 is 0 Å². The summed E-state index contributed by atoms with van der Waals surface area (Å²) in [6.45, 7) is 2.03. The van der Waals surface area contributed by atoms with Crippen molar-refractivity contribution in [1.82, 2.24) is 4.90 Å². The average molecular weight is 401 g/mol. The molecule has 1 heterocycles. The van der Waals surface area contributed by atoms with Crippen LogP contribution in [0.1, 0.15) is 39.9 Å². The summed E-state index contributed by atoms with van der Waals surface area (Å²) in [5.74, 6) is 0.0443. The lowest BCUT2D eigenvalue weighted by Crippen LogP contribution is -2.36. The highest BCUT2D eigenvalue weighted by atomic mass is 35.5. The summed E-state index contributed by atoms with van der Waals surface area (Å²) in [5, 5.41) is 1.42. The largest absolute Gasteiger partial charge is 0.334 e. The smallest absolute Gasteiger partial charge is 0.254 e. The highest BCUT2D eigenvalue weighted by Crippen LogP contribution is 2.39. The number of aryl methyl sites for hydroxylation is 1. The minimum Gasteiger partial charge on any atom is -0.334 e. The van der Waals surface area contributed by atoms with Crippen molar-refractivity contribution < 1.29 is 4.79 Å². The number of carbonyl (C=O) groups is 1. The van der Waals surface area contributed by atoms with Crippen molar-refractivity contribution in [2.24, 2.45) is 5.73 Å². The Morgan fingerprint density at radius 2 is 2.00 bits per heavy atom. The van der Waals surface area contributed by atoms with E-state index < -0.39 is 0 Å².